The fourth-order valence-electron chi connectivity index (χ4n) is 1.64. The fourth-order valence-corrected chi connectivity index (χ4v) is 1.64. The molecule has 1 fully saturated rings. The van der Waals surface area contributed by atoms with E-state index >= 15 is 0 Å². The van der Waals surface area contributed by atoms with Crippen molar-refractivity contribution in [1.82, 2.24) is 15.3 Å². The first kappa shape index (κ1) is 12.6. The molecule has 1 aliphatic carbocycles. The number of aromatic nitrogens is 2. The highest BCUT2D eigenvalue weighted by Gasteiger charge is 2.27. The van der Waals surface area contributed by atoms with Gasteiger partial charge >= 0.3 is 0 Å². The van der Waals surface area contributed by atoms with Crippen LogP contribution in [0.15, 0.2) is 6.07 Å². The first-order valence-electron chi connectivity index (χ1n) is 6.30. The summed E-state index contributed by atoms with van der Waals surface area (Å²) < 4.78 is 0. The summed E-state index contributed by atoms with van der Waals surface area (Å²) in [6, 6.07) is 1.81. The van der Waals surface area contributed by atoms with Crippen molar-refractivity contribution in [2.75, 3.05) is 30.8 Å². The number of anilines is 2. The van der Waals surface area contributed by atoms with Gasteiger partial charge in [-0.3, -0.25) is 4.79 Å². The number of carbonyl (C=O) groups excluding carboxylic acids is 1. The van der Waals surface area contributed by atoms with Crippen LogP contribution in [0.2, 0.25) is 0 Å². The first-order valence-corrected chi connectivity index (χ1v) is 6.30. The number of carbonyl (C=O) groups is 1. The lowest BCUT2D eigenvalue weighted by Gasteiger charge is -2.09. The maximum atomic E-state index is 11.4. The summed E-state index contributed by atoms with van der Waals surface area (Å²) in [6.07, 6.45) is 2.31. The van der Waals surface area contributed by atoms with Gasteiger partial charge in [-0.2, -0.15) is 0 Å². The Kier molecular flexibility index (Phi) is 3.96. The van der Waals surface area contributed by atoms with Crippen LogP contribution in [0, 0.1) is 0 Å². The van der Waals surface area contributed by atoms with E-state index in [2.05, 4.69) is 25.9 Å². The van der Waals surface area contributed by atoms with Gasteiger partial charge in [0.25, 0.3) is 0 Å². The van der Waals surface area contributed by atoms with E-state index in [1.165, 1.54) is 0 Å². The van der Waals surface area contributed by atoms with Crippen molar-refractivity contribution in [1.29, 1.82) is 0 Å². The van der Waals surface area contributed by atoms with Gasteiger partial charge in [0.15, 0.2) is 0 Å². The summed E-state index contributed by atoms with van der Waals surface area (Å²) in [5.41, 5.74) is 0. The molecule has 0 aliphatic heterocycles. The second kappa shape index (κ2) is 5.66. The van der Waals surface area contributed by atoms with Crippen LogP contribution in [0.1, 0.15) is 31.5 Å². The first-order chi connectivity index (χ1) is 8.72. The minimum Gasteiger partial charge on any atom is -0.373 e. The molecule has 1 aromatic heterocycles. The zero-order valence-electron chi connectivity index (χ0n) is 10.8. The van der Waals surface area contributed by atoms with E-state index in [9.17, 15) is 4.79 Å². The molecule has 6 nitrogen and oxygen atoms in total. The molecule has 0 radical (unpaired) electrons. The standard InChI is InChI=1S/C12H19N5O/c1-3-14-11(18)7-15-10-6-9(13-2)16-12(17-10)8-4-5-8/h6,8H,3-5,7H2,1-2H3,(H,14,18)(H2,13,15,16,17). The number of hydrogen-bond acceptors (Lipinski definition) is 5. The molecule has 2 rings (SSSR count). The Morgan fingerprint density at radius 2 is 2.11 bits per heavy atom. The molecule has 0 unspecified atom stereocenters. The van der Waals surface area contributed by atoms with E-state index in [1.54, 1.807) is 0 Å². The van der Waals surface area contributed by atoms with Crippen molar-refractivity contribution in [2.24, 2.45) is 0 Å². The summed E-state index contributed by atoms with van der Waals surface area (Å²) in [4.78, 5) is 20.2. The topological polar surface area (TPSA) is 78.9 Å². The van der Waals surface area contributed by atoms with Crippen molar-refractivity contribution in [2.45, 2.75) is 25.7 Å². The normalized spacial score (nSPS) is 14.1. The summed E-state index contributed by atoms with van der Waals surface area (Å²) in [6.45, 7) is 2.77. The summed E-state index contributed by atoms with van der Waals surface area (Å²) in [5.74, 6) is 2.80. The van der Waals surface area contributed by atoms with Crippen molar-refractivity contribution in [3.63, 3.8) is 0 Å². The Morgan fingerprint density at radius 1 is 1.39 bits per heavy atom. The highest BCUT2D eigenvalue weighted by Crippen LogP contribution is 2.38. The van der Waals surface area contributed by atoms with Gasteiger partial charge in [0.05, 0.1) is 6.54 Å². The van der Waals surface area contributed by atoms with Gasteiger partial charge in [-0.15, -0.1) is 0 Å². The van der Waals surface area contributed by atoms with E-state index in [-0.39, 0.29) is 12.5 Å². The third kappa shape index (κ3) is 3.32. The van der Waals surface area contributed by atoms with Crippen LogP contribution in [0.4, 0.5) is 11.6 Å². The molecule has 1 heterocycles. The molecule has 1 amide bonds. The van der Waals surface area contributed by atoms with Gasteiger partial charge < -0.3 is 16.0 Å². The molecule has 1 aromatic rings. The second-order valence-corrected chi connectivity index (χ2v) is 4.33. The molecular formula is C12H19N5O. The van der Waals surface area contributed by atoms with E-state index in [1.807, 2.05) is 20.0 Å². The SMILES string of the molecule is CCNC(=O)CNc1cc(NC)nc(C2CC2)n1. The van der Waals surface area contributed by atoms with Gasteiger partial charge in [-0.1, -0.05) is 0 Å². The minimum atomic E-state index is -0.0323. The third-order valence-corrected chi connectivity index (χ3v) is 2.75. The number of rotatable bonds is 6. The fraction of sp³-hybridized carbons (Fsp3) is 0.583. The average molecular weight is 249 g/mol. The third-order valence-electron chi connectivity index (χ3n) is 2.75. The van der Waals surface area contributed by atoms with Crippen LogP contribution in [-0.4, -0.2) is 36.0 Å². The van der Waals surface area contributed by atoms with Crippen LogP contribution >= 0.6 is 0 Å². The summed E-state index contributed by atoms with van der Waals surface area (Å²) in [5, 5.41) is 8.77. The van der Waals surface area contributed by atoms with E-state index in [4.69, 9.17) is 0 Å². The van der Waals surface area contributed by atoms with Crippen LogP contribution in [0.25, 0.3) is 0 Å². The van der Waals surface area contributed by atoms with E-state index < -0.39 is 0 Å². The van der Waals surface area contributed by atoms with Crippen molar-refractivity contribution in [3.05, 3.63) is 11.9 Å². The maximum absolute atomic E-state index is 11.4. The van der Waals surface area contributed by atoms with Crippen LogP contribution < -0.4 is 16.0 Å². The Balaban J connectivity index is 2.02. The average Bonchev–Trinajstić information content (AvgIpc) is 3.20. The highest BCUT2D eigenvalue weighted by molar-refractivity contribution is 5.80. The number of amides is 1. The quantitative estimate of drug-likeness (QED) is 0.699. The van der Waals surface area contributed by atoms with Gasteiger partial charge in [0.1, 0.15) is 17.5 Å². The summed E-state index contributed by atoms with van der Waals surface area (Å²) >= 11 is 0. The molecule has 1 saturated carbocycles. The molecular weight excluding hydrogens is 230 g/mol. The van der Waals surface area contributed by atoms with Crippen LogP contribution in [0.5, 0.6) is 0 Å². The van der Waals surface area contributed by atoms with Gasteiger partial charge in [0, 0.05) is 25.6 Å². The number of nitrogens with zero attached hydrogens (tertiary/aromatic N) is 2. The van der Waals surface area contributed by atoms with Gasteiger partial charge in [-0.05, 0) is 19.8 Å². The molecule has 0 saturated heterocycles. The lowest BCUT2D eigenvalue weighted by molar-refractivity contribution is -0.119. The molecule has 98 valence electrons. The van der Waals surface area contributed by atoms with E-state index in [0.29, 0.717) is 18.3 Å². The largest absolute Gasteiger partial charge is 0.373 e. The Hall–Kier alpha value is -1.85. The molecule has 6 heteroatoms. The van der Waals surface area contributed by atoms with Crippen molar-refractivity contribution in [3.8, 4) is 0 Å². The number of hydrogen-bond donors (Lipinski definition) is 3. The zero-order valence-corrected chi connectivity index (χ0v) is 10.8. The van der Waals surface area contributed by atoms with Gasteiger partial charge in [-0.25, -0.2) is 9.97 Å². The Morgan fingerprint density at radius 3 is 2.72 bits per heavy atom. The molecule has 0 atom stereocenters. The summed E-state index contributed by atoms with van der Waals surface area (Å²) in [7, 11) is 1.83. The smallest absolute Gasteiger partial charge is 0.239 e. The highest BCUT2D eigenvalue weighted by atomic mass is 16.1. The van der Waals surface area contributed by atoms with Crippen LogP contribution in [0.3, 0.4) is 0 Å². The maximum Gasteiger partial charge on any atom is 0.239 e. The molecule has 1 aliphatic rings. The van der Waals surface area contributed by atoms with Crippen LogP contribution in [-0.2, 0) is 4.79 Å². The zero-order chi connectivity index (χ0) is 13.0. The predicted molar refractivity (Wildman–Crippen MR) is 70.7 cm³/mol. The second-order valence-electron chi connectivity index (χ2n) is 4.33. The van der Waals surface area contributed by atoms with Crippen molar-refractivity contribution < 1.29 is 4.79 Å². The minimum absolute atomic E-state index is 0.0323. The lowest BCUT2D eigenvalue weighted by Crippen LogP contribution is -2.29. The Labute approximate surface area is 107 Å². The molecule has 0 bridgehead atoms. The van der Waals surface area contributed by atoms with E-state index in [0.717, 1.165) is 24.5 Å². The molecule has 0 spiro atoms. The Bertz CT molecular complexity index is 430. The lowest BCUT2D eigenvalue weighted by atomic mass is 10.3. The monoisotopic (exact) mass is 249 g/mol. The number of nitrogens with one attached hydrogen (secondary N) is 3. The molecule has 18 heavy (non-hydrogen) atoms. The van der Waals surface area contributed by atoms with Gasteiger partial charge in [0.2, 0.25) is 5.91 Å². The predicted octanol–water partition coefficient (Wildman–Crippen LogP) is 0.944. The molecule has 0 aromatic carbocycles. The molecule has 3 N–H and O–H groups in total. The number of likely N-dealkylation sites (N-methyl/N-ethyl adjacent to an activating group) is 1. The van der Waals surface area contributed by atoms with Crippen molar-refractivity contribution >= 4 is 17.5 Å².